The van der Waals surface area contributed by atoms with Gasteiger partial charge in [0, 0.05) is 23.6 Å². The SMILES string of the molecule is O=c1[nH]c2cc3c(cc2cc1[C@@H](c1nnnn1C[C@@H]1CCCO1)N1CCCC1)OCO3. The second-order valence-electron chi connectivity index (χ2n) is 8.35. The van der Waals surface area contributed by atoms with E-state index in [2.05, 4.69) is 25.4 Å². The lowest BCUT2D eigenvalue weighted by Crippen LogP contribution is -2.34. The normalized spacial score (nSPS) is 21.9. The fraction of sp³-hybridized carbons (Fsp3) is 0.524. The molecule has 2 fully saturated rings. The van der Waals surface area contributed by atoms with Gasteiger partial charge < -0.3 is 19.2 Å². The molecule has 0 saturated carbocycles. The summed E-state index contributed by atoms with van der Waals surface area (Å²) in [4.78, 5) is 18.5. The lowest BCUT2D eigenvalue weighted by atomic mass is 10.0. The molecule has 31 heavy (non-hydrogen) atoms. The number of nitrogens with one attached hydrogen (secondary N) is 1. The number of aromatic amines is 1. The lowest BCUT2D eigenvalue weighted by molar-refractivity contribution is 0.0912. The minimum atomic E-state index is -0.322. The minimum Gasteiger partial charge on any atom is -0.454 e. The average molecular weight is 424 g/mol. The van der Waals surface area contributed by atoms with Gasteiger partial charge in [0.15, 0.2) is 17.3 Å². The Morgan fingerprint density at radius 1 is 1.13 bits per heavy atom. The molecule has 2 saturated heterocycles. The van der Waals surface area contributed by atoms with E-state index in [0.717, 1.165) is 56.3 Å². The molecule has 0 bridgehead atoms. The maximum atomic E-state index is 13.2. The second kappa shape index (κ2) is 7.61. The summed E-state index contributed by atoms with van der Waals surface area (Å²) >= 11 is 0. The van der Waals surface area contributed by atoms with Gasteiger partial charge in [0.25, 0.3) is 5.56 Å². The van der Waals surface area contributed by atoms with Gasteiger partial charge in [-0.1, -0.05) is 0 Å². The Labute approximate surface area is 178 Å². The molecular weight excluding hydrogens is 400 g/mol. The van der Waals surface area contributed by atoms with Gasteiger partial charge in [0.1, 0.15) is 6.04 Å². The Hall–Kier alpha value is -2.98. The van der Waals surface area contributed by atoms with Gasteiger partial charge in [-0.3, -0.25) is 9.69 Å². The summed E-state index contributed by atoms with van der Waals surface area (Å²) in [5, 5.41) is 13.4. The van der Waals surface area contributed by atoms with Gasteiger partial charge in [-0.15, -0.1) is 5.10 Å². The molecule has 162 valence electrons. The van der Waals surface area contributed by atoms with E-state index in [1.165, 1.54) is 0 Å². The van der Waals surface area contributed by atoms with Crippen molar-refractivity contribution in [3.05, 3.63) is 39.9 Å². The lowest BCUT2D eigenvalue weighted by Gasteiger charge is -2.27. The van der Waals surface area contributed by atoms with Crippen molar-refractivity contribution in [1.29, 1.82) is 0 Å². The highest BCUT2D eigenvalue weighted by molar-refractivity contribution is 5.83. The number of hydrogen-bond acceptors (Lipinski definition) is 8. The number of benzene rings is 1. The molecule has 6 rings (SSSR count). The zero-order valence-electron chi connectivity index (χ0n) is 17.1. The van der Waals surface area contributed by atoms with E-state index in [1.54, 1.807) is 0 Å². The molecule has 1 aromatic carbocycles. The van der Waals surface area contributed by atoms with Gasteiger partial charge in [-0.25, -0.2) is 4.68 Å². The Bertz CT molecular complexity index is 1160. The van der Waals surface area contributed by atoms with Crippen LogP contribution in [-0.4, -0.2) is 62.7 Å². The summed E-state index contributed by atoms with van der Waals surface area (Å²) in [7, 11) is 0. The Morgan fingerprint density at radius 2 is 1.97 bits per heavy atom. The van der Waals surface area contributed by atoms with Crippen LogP contribution in [0.25, 0.3) is 10.9 Å². The second-order valence-corrected chi connectivity index (χ2v) is 8.35. The van der Waals surface area contributed by atoms with Gasteiger partial charge in [-0.2, -0.15) is 0 Å². The topological polar surface area (TPSA) is 107 Å². The quantitative estimate of drug-likeness (QED) is 0.658. The predicted octanol–water partition coefficient (Wildman–Crippen LogP) is 1.61. The van der Waals surface area contributed by atoms with Crippen LogP contribution in [0.15, 0.2) is 23.0 Å². The molecule has 0 spiro atoms. The first-order valence-corrected chi connectivity index (χ1v) is 10.8. The molecule has 3 aromatic rings. The van der Waals surface area contributed by atoms with E-state index < -0.39 is 0 Å². The van der Waals surface area contributed by atoms with Crippen LogP contribution < -0.4 is 15.0 Å². The van der Waals surface area contributed by atoms with E-state index in [1.807, 2.05) is 22.9 Å². The number of likely N-dealkylation sites (tertiary alicyclic amines) is 1. The molecule has 2 atom stereocenters. The molecule has 2 aromatic heterocycles. The molecule has 0 aliphatic carbocycles. The van der Waals surface area contributed by atoms with Crippen LogP contribution in [0.3, 0.4) is 0 Å². The van der Waals surface area contributed by atoms with Crippen LogP contribution in [0.5, 0.6) is 11.5 Å². The van der Waals surface area contributed by atoms with Crippen molar-refractivity contribution >= 4 is 10.9 Å². The molecule has 0 unspecified atom stereocenters. The number of ether oxygens (including phenoxy) is 3. The maximum absolute atomic E-state index is 13.2. The van der Waals surface area contributed by atoms with Crippen molar-refractivity contribution in [3.8, 4) is 11.5 Å². The first-order valence-electron chi connectivity index (χ1n) is 10.8. The molecule has 3 aliphatic heterocycles. The smallest absolute Gasteiger partial charge is 0.253 e. The molecule has 5 heterocycles. The van der Waals surface area contributed by atoms with E-state index in [9.17, 15) is 4.79 Å². The van der Waals surface area contributed by atoms with Gasteiger partial charge in [0.2, 0.25) is 6.79 Å². The number of nitrogens with zero attached hydrogens (tertiary/aromatic N) is 5. The van der Waals surface area contributed by atoms with Crippen molar-refractivity contribution in [3.63, 3.8) is 0 Å². The summed E-state index contributed by atoms with van der Waals surface area (Å²) < 4.78 is 18.6. The van der Waals surface area contributed by atoms with Crippen molar-refractivity contribution in [2.75, 3.05) is 26.5 Å². The van der Waals surface area contributed by atoms with E-state index in [-0.39, 0.29) is 24.5 Å². The molecule has 3 aliphatic rings. The predicted molar refractivity (Wildman–Crippen MR) is 110 cm³/mol. The van der Waals surface area contributed by atoms with Crippen LogP contribution in [-0.2, 0) is 11.3 Å². The number of aromatic nitrogens is 5. The highest BCUT2D eigenvalue weighted by atomic mass is 16.7. The van der Waals surface area contributed by atoms with Gasteiger partial charge in [0.05, 0.1) is 18.2 Å². The number of fused-ring (bicyclic) bond motifs is 2. The summed E-state index contributed by atoms with van der Waals surface area (Å²) in [6, 6.07) is 5.34. The van der Waals surface area contributed by atoms with Crippen LogP contribution in [0.1, 0.15) is 43.1 Å². The van der Waals surface area contributed by atoms with Crippen LogP contribution in [0.2, 0.25) is 0 Å². The molecule has 0 amide bonds. The third-order valence-electron chi connectivity index (χ3n) is 6.37. The summed E-state index contributed by atoms with van der Waals surface area (Å²) in [6.07, 6.45) is 4.34. The fourth-order valence-electron chi connectivity index (χ4n) is 4.83. The van der Waals surface area contributed by atoms with E-state index in [4.69, 9.17) is 14.2 Å². The maximum Gasteiger partial charge on any atom is 0.253 e. The molecule has 10 heteroatoms. The molecule has 0 radical (unpaired) electrons. The first kappa shape index (κ1) is 18.8. The van der Waals surface area contributed by atoms with Crippen molar-refractivity contribution in [2.45, 2.75) is 44.4 Å². The zero-order chi connectivity index (χ0) is 20.8. The van der Waals surface area contributed by atoms with Crippen LogP contribution >= 0.6 is 0 Å². The number of pyridine rings is 1. The Balaban J connectivity index is 1.45. The minimum absolute atomic E-state index is 0.108. The summed E-state index contributed by atoms with van der Waals surface area (Å²) in [5.74, 6) is 2.02. The fourth-order valence-corrected chi connectivity index (χ4v) is 4.83. The average Bonchev–Trinajstić information content (AvgIpc) is 3.57. The van der Waals surface area contributed by atoms with Gasteiger partial charge >= 0.3 is 0 Å². The molecule has 1 N–H and O–H groups in total. The molecular formula is C21H24N6O4. The highest BCUT2D eigenvalue weighted by Gasteiger charge is 2.33. The molecule has 10 nitrogen and oxygen atoms in total. The van der Waals surface area contributed by atoms with E-state index in [0.29, 0.717) is 29.4 Å². The largest absolute Gasteiger partial charge is 0.454 e. The van der Waals surface area contributed by atoms with E-state index >= 15 is 0 Å². The Kier molecular flexibility index (Phi) is 4.61. The van der Waals surface area contributed by atoms with Crippen molar-refractivity contribution in [1.82, 2.24) is 30.1 Å². The summed E-state index contributed by atoms with van der Waals surface area (Å²) in [6.45, 7) is 3.36. The highest BCUT2D eigenvalue weighted by Crippen LogP contribution is 2.36. The zero-order valence-corrected chi connectivity index (χ0v) is 17.1. The van der Waals surface area contributed by atoms with Gasteiger partial charge in [-0.05, 0) is 61.3 Å². The number of tetrazole rings is 1. The van der Waals surface area contributed by atoms with Crippen molar-refractivity contribution in [2.24, 2.45) is 0 Å². The standard InChI is InChI=1S/C21H24N6O4/c28-21-15(8-13-9-17-18(31-12-30-17)10-16(13)22-21)19(26-5-1-2-6-26)20-23-24-25-27(20)11-14-4-3-7-29-14/h8-10,14,19H,1-7,11-12H2,(H,22,28)/t14-,19-/m0/s1. The monoisotopic (exact) mass is 424 g/mol. The van der Waals surface area contributed by atoms with Crippen LogP contribution in [0, 0.1) is 0 Å². The Morgan fingerprint density at radius 3 is 2.77 bits per heavy atom. The number of rotatable bonds is 5. The third-order valence-corrected chi connectivity index (χ3v) is 6.37. The number of hydrogen-bond donors (Lipinski definition) is 1. The summed E-state index contributed by atoms with van der Waals surface area (Å²) in [5.41, 5.74) is 1.21. The number of H-pyrrole nitrogens is 1. The van der Waals surface area contributed by atoms with Crippen LogP contribution in [0.4, 0.5) is 0 Å². The third kappa shape index (κ3) is 3.35. The first-order chi connectivity index (χ1) is 15.3. The van der Waals surface area contributed by atoms with Crippen molar-refractivity contribution < 1.29 is 14.2 Å².